The molecule has 0 saturated heterocycles. The predicted octanol–water partition coefficient (Wildman–Crippen LogP) is 2.28. The number of carbonyl (C=O) groups is 1. The van der Waals surface area contributed by atoms with Gasteiger partial charge in [0, 0.05) is 12.1 Å². The summed E-state index contributed by atoms with van der Waals surface area (Å²) in [5.74, 6) is -2.76. The largest absolute Gasteiger partial charge is 0.504 e. The van der Waals surface area contributed by atoms with Crippen molar-refractivity contribution in [3.63, 3.8) is 0 Å². The minimum atomic E-state index is -1.30. The van der Waals surface area contributed by atoms with Crippen LogP contribution in [0.25, 0.3) is 0 Å². The lowest BCUT2D eigenvalue weighted by Gasteiger charge is -2.10. The zero-order valence-electron chi connectivity index (χ0n) is 11.1. The van der Waals surface area contributed by atoms with Gasteiger partial charge in [-0.25, -0.2) is 4.79 Å². The molecule has 2 aromatic carbocycles. The maximum atomic E-state index is 10.9. The third kappa shape index (κ3) is 3.23. The van der Waals surface area contributed by atoms with Crippen LogP contribution in [0, 0.1) is 10.1 Å². The molecule has 8 heteroatoms. The number of benzene rings is 2. The fraction of sp³-hybridized carbons (Fsp3) is 0.0714. The van der Waals surface area contributed by atoms with Crippen molar-refractivity contribution in [2.45, 2.75) is 6.61 Å². The van der Waals surface area contributed by atoms with Crippen LogP contribution in [0.15, 0.2) is 36.4 Å². The Balaban J connectivity index is 2.23. The van der Waals surface area contributed by atoms with E-state index in [1.54, 1.807) is 6.07 Å². The van der Waals surface area contributed by atoms with Crippen LogP contribution < -0.4 is 4.74 Å². The highest BCUT2D eigenvalue weighted by atomic mass is 16.6. The summed E-state index contributed by atoms with van der Waals surface area (Å²) in [6.07, 6.45) is 0. The number of carboxylic acid groups (broad SMARTS) is 1. The van der Waals surface area contributed by atoms with Gasteiger partial charge in [0.1, 0.15) is 6.61 Å². The molecule has 0 radical (unpaired) electrons. The smallest absolute Gasteiger partial charge is 0.335 e. The molecule has 0 spiro atoms. The van der Waals surface area contributed by atoms with Gasteiger partial charge in [0.15, 0.2) is 11.5 Å². The van der Waals surface area contributed by atoms with Crippen molar-refractivity contribution in [2.75, 3.05) is 0 Å². The van der Waals surface area contributed by atoms with Crippen molar-refractivity contribution in [1.82, 2.24) is 0 Å². The number of phenols is 2. The Bertz CT molecular complexity index is 742. The Kier molecular flexibility index (Phi) is 4.12. The van der Waals surface area contributed by atoms with Crippen molar-refractivity contribution in [1.29, 1.82) is 0 Å². The van der Waals surface area contributed by atoms with Crippen molar-refractivity contribution in [3.05, 3.63) is 57.6 Å². The van der Waals surface area contributed by atoms with Gasteiger partial charge in [0.05, 0.1) is 10.5 Å². The number of carboxylic acids is 1. The predicted molar refractivity (Wildman–Crippen MR) is 74.2 cm³/mol. The molecule has 0 saturated carbocycles. The quantitative estimate of drug-likeness (QED) is 0.439. The van der Waals surface area contributed by atoms with Gasteiger partial charge in [-0.2, -0.15) is 0 Å². The van der Waals surface area contributed by atoms with Crippen LogP contribution >= 0.6 is 0 Å². The molecule has 0 aliphatic carbocycles. The first kappa shape index (κ1) is 15.1. The number of hydrogen-bond donors (Lipinski definition) is 3. The zero-order valence-corrected chi connectivity index (χ0v) is 11.1. The molecule has 0 amide bonds. The Labute approximate surface area is 124 Å². The highest BCUT2D eigenvalue weighted by Crippen LogP contribution is 2.37. The molecular formula is C14H11NO7. The summed E-state index contributed by atoms with van der Waals surface area (Å²) in [5, 5.41) is 38.7. The zero-order chi connectivity index (χ0) is 16.3. The number of phenolic OH excluding ortho intramolecular Hbond substituents is 2. The third-order valence-corrected chi connectivity index (χ3v) is 2.82. The summed E-state index contributed by atoms with van der Waals surface area (Å²) in [7, 11) is 0. The number of aromatic hydroxyl groups is 2. The van der Waals surface area contributed by atoms with Gasteiger partial charge in [0.2, 0.25) is 5.75 Å². The van der Waals surface area contributed by atoms with Gasteiger partial charge in [0.25, 0.3) is 5.69 Å². The van der Waals surface area contributed by atoms with Crippen molar-refractivity contribution in [2.24, 2.45) is 0 Å². The van der Waals surface area contributed by atoms with Gasteiger partial charge in [-0.05, 0) is 17.7 Å². The highest BCUT2D eigenvalue weighted by Gasteiger charge is 2.15. The van der Waals surface area contributed by atoms with Gasteiger partial charge in [-0.1, -0.05) is 12.1 Å². The van der Waals surface area contributed by atoms with E-state index in [-0.39, 0.29) is 23.6 Å². The molecule has 114 valence electrons. The Morgan fingerprint density at radius 2 is 1.95 bits per heavy atom. The Hall–Kier alpha value is -3.29. The topological polar surface area (TPSA) is 130 Å². The normalized spacial score (nSPS) is 10.2. The fourth-order valence-electron chi connectivity index (χ4n) is 1.75. The molecule has 0 fully saturated rings. The Morgan fingerprint density at radius 1 is 1.23 bits per heavy atom. The molecule has 0 aliphatic rings. The standard InChI is InChI=1S/C14H11NO7/c16-11-5-9(14(18)19)6-12(13(11)17)22-7-8-2-1-3-10(4-8)15(20)21/h1-6,16-17H,7H2,(H,18,19). The van der Waals surface area contributed by atoms with E-state index in [9.17, 15) is 25.1 Å². The average molecular weight is 305 g/mol. The van der Waals surface area contributed by atoms with Crippen molar-refractivity contribution >= 4 is 11.7 Å². The average Bonchev–Trinajstić information content (AvgIpc) is 2.48. The summed E-state index contributed by atoms with van der Waals surface area (Å²) >= 11 is 0. The van der Waals surface area contributed by atoms with Crippen molar-refractivity contribution in [3.8, 4) is 17.2 Å². The SMILES string of the molecule is O=C(O)c1cc(O)c(O)c(OCc2cccc([N+](=O)[O-])c2)c1. The molecule has 8 nitrogen and oxygen atoms in total. The summed E-state index contributed by atoms with van der Waals surface area (Å²) in [4.78, 5) is 21.0. The van der Waals surface area contributed by atoms with Crippen LogP contribution in [-0.2, 0) is 6.61 Å². The summed E-state index contributed by atoms with van der Waals surface area (Å²) in [6.45, 7) is -0.141. The minimum Gasteiger partial charge on any atom is -0.504 e. The number of ether oxygens (including phenoxy) is 1. The molecule has 2 rings (SSSR count). The molecule has 0 bridgehead atoms. The first-order chi connectivity index (χ1) is 10.4. The maximum absolute atomic E-state index is 10.9. The lowest BCUT2D eigenvalue weighted by molar-refractivity contribution is -0.384. The summed E-state index contributed by atoms with van der Waals surface area (Å²) in [6, 6.07) is 7.59. The van der Waals surface area contributed by atoms with E-state index in [2.05, 4.69) is 0 Å². The minimum absolute atomic E-state index is 0.118. The van der Waals surface area contributed by atoms with E-state index in [0.717, 1.165) is 12.1 Å². The van der Waals surface area contributed by atoms with E-state index < -0.39 is 22.4 Å². The number of nitrogens with zero attached hydrogens (tertiary/aromatic N) is 1. The lowest BCUT2D eigenvalue weighted by Crippen LogP contribution is -2.00. The second kappa shape index (κ2) is 6.00. The number of aromatic carboxylic acids is 1. The van der Waals surface area contributed by atoms with Crippen LogP contribution in [0.3, 0.4) is 0 Å². The second-order valence-corrected chi connectivity index (χ2v) is 4.36. The van der Waals surface area contributed by atoms with E-state index >= 15 is 0 Å². The summed E-state index contributed by atoms with van der Waals surface area (Å²) < 4.78 is 5.23. The van der Waals surface area contributed by atoms with Gasteiger partial charge in [-0.15, -0.1) is 0 Å². The molecule has 0 aliphatic heterocycles. The lowest BCUT2D eigenvalue weighted by atomic mass is 10.2. The highest BCUT2D eigenvalue weighted by molar-refractivity contribution is 5.89. The van der Waals surface area contributed by atoms with E-state index in [4.69, 9.17) is 9.84 Å². The monoisotopic (exact) mass is 305 g/mol. The first-order valence-corrected chi connectivity index (χ1v) is 6.04. The number of nitro benzene ring substituents is 1. The number of hydrogen-bond acceptors (Lipinski definition) is 6. The van der Waals surface area contributed by atoms with Crippen LogP contribution in [0.2, 0.25) is 0 Å². The molecule has 0 unspecified atom stereocenters. The molecule has 3 N–H and O–H groups in total. The number of rotatable bonds is 5. The number of nitro groups is 1. The molecule has 2 aromatic rings. The Morgan fingerprint density at radius 3 is 2.59 bits per heavy atom. The molecule has 0 heterocycles. The molecular weight excluding hydrogens is 294 g/mol. The molecule has 0 atom stereocenters. The van der Waals surface area contributed by atoms with Crippen LogP contribution in [0.1, 0.15) is 15.9 Å². The van der Waals surface area contributed by atoms with Gasteiger partial charge >= 0.3 is 5.97 Å². The fourth-order valence-corrected chi connectivity index (χ4v) is 1.75. The van der Waals surface area contributed by atoms with Gasteiger partial charge in [-0.3, -0.25) is 10.1 Å². The van der Waals surface area contributed by atoms with E-state index in [0.29, 0.717) is 5.56 Å². The van der Waals surface area contributed by atoms with Crippen molar-refractivity contribution < 1.29 is 29.8 Å². The third-order valence-electron chi connectivity index (χ3n) is 2.82. The molecule has 22 heavy (non-hydrogen) atoms. The van der Waals surface area contributed by atoms with Gasteiger partial charge < -0.3 is 20.1 Å². The number of non-ortho nitro benzene ring substituents is 1. The molecule has 0 aromatic heterocycles. The van der Waals surface area contributed by atoms with Crippen LogP contribution in [0.5, 0.6) is 17.2 Å². The van der Waals surface area contributed by atoms with Crippen LogP contribution in [-0.4, -0.2) is 26.2 Å². The van der Waals surface area contributed by atoms with Crippen LogP contribution in [0.4, 0.5) is 5.69 Å². The second-order valence-electron chi connectivity index (χ2n) is 4.36. The maximum Gasteiger partial charge on any atom is 0.335 e. The first-order valence-electron chi connectivity index (χ1n) is 6.04. The van der Waals surface area contributed by atoms with E-state index in [1.165, 1.54) is 18.2 Å². The van der Waals surface area contributed by atoms with E-state index in [1.807, 2.05) is 0 Å². The summed E-state index contributed by atoms with van der Waals surface area (Å²) in [5.41, 5.74) is 0.0746.